The maximum atomic E-state index is 13.3. The first-order valence-electron chi connectivity index (χ1n) is 9.92. The number of carbonyl (C=O) groups excluding carboxylic acids is 1. The number of amides is 1. The zero-order valence-electron chi connectivity index (χ0n) is 17.1. The van der Waals surface area contributed by atoms with Crippen LogP contribution in [-0.4, -0.2) is 24.1 Å². The first kappa shape index (κ1) is 22.5. The molecule has 0 saturated heterocycles. The van der Waals surface area contributed by atoms with Crippen molar-refractivity contribution in [2.45, 2.75) is 23.9 Å². The third-order valence-electron chi connectivity index (χ3n) is 4.95. The van der Waals surface area contributed by atoms with Crippen molar-refractivity contribution in [1.29, 1.82) is 0 Å². The number of hydrogen-bond donors (Lipinski definition) is 1. The Labute approximate surface area is 188 Å². The number of sulfonamides is 1. The molecule has 0 bridgehead atoms. The molecule has 3 aromatic rings. The number of benzene rings is 2. The van der Waals surface area contributed by atoms with Gasteiger partial charge in [-0.2, -0.15) is 18.3 Å². The van der Waals surface area contributed by atoms with Gasteiger partial charge in [-0.25, -0.2) is 17.8 Å². The van der Waals surface area contributed by atoms with E-state index >= 15 is 0 Å². The summed E-state index contributed by atoms with van der Waals surface area (Å²) < 4.78 is 68.2. The fourth-order valence-corrected chi connectivity index (χ4v) is 4.30. The first-order valence-corrected chi connectivity index (χ1v) is 11.4. The Morgan fingerprint density at radius 3 is 2.30 bits per heavy atom. The Hall–Kier alpha value is -3.66. The highest BCUT2D eigenvalue weighted by Crippen LogP contribution is 2.33. The molecule has 0 fully saturated rings. The number of halogens is 3. The molecule has 0 radical (unpaired) electrons. The van der Waals surface area contributed by atoms with Crippen LogP contribution >= 0.6 is 0 Å². The summed E-state index contributed by atoms with van der Waals surface area (Å²) in [5.41, 5.74) is 0.201. The summed E-state index contributed by atoms with van der Waals surface area (Å²) in [7, 11) is -4.19. The predicted molar refractivity (Wildman–Crippen MR) is 116 cm³/mol. The summed E-state index contributed by atoms with van der Waals surface area (Å²) in [5, 5.41) is 3.70. The Kier molecular flexibility index (Phi) is 5.94. The number of allylic oxidation sites excluding steroid dienone is 4. The summed E-state index contributed by atoms with van der Waals surface area (Å²) in [6.45, 7) is 0. The van der Waals surface area contributed by atoms with E-state index in [1.165, 1.54) is 36.4 Å². The fourth-order valence-electron chi connectivity index (χ4n) is 3.32. The summed E-state index contributed by atoms with van der Waals surface area (Å²) in [6, 6.07) is 13.9. The van der Waals surface area contributed by atoms with Crippen LogP contribution in [-0.2, 0) is 16.2 Å². The number of nitrogens with one attached hydrogen (secondary N) is 1. The number of nitrogens with zero attached hydrogens (tertiary/aromatic N) is 2. The van der Waals surface area contributed by atoms with Crippen LogP contribution in [0.5, 0.6) is 0 Å². The minimum Gasteiger partial charge on any atom is -0.268 e. The molecule has 1 heterocycles. The van der Waals surface area contributed by atoms with E-state index in [2.05, 4.69) is 5.10 Å². The highest BCUT2D eigenvalue weighted by Gasteiger charge is 2.35. The number of alkyl halides is 3. The Bertz CT molecular complexity index is 1340. The van der Waals surface area contributed by atoms with Crippen LogP contribution in [0.3, 0.4) is 0 Å². The second kappa shape index (κ2) is 8.70. The van der Waals surface area contributed by atoms with Crippen LogP contribution in [0.1, 0.15) is 34.6 Å². The van der Waals surface area contributed by atoms with E-state index < -0.39 is 27.8 Å². The third kappa shape index (κ3) is 4.90. The van der Waals surface area contributed by atoms with Gasteiger partial charge in [-0.15, -0.1) is 0 Å². The van der Waals surface area contributed by atoms with Crippen molar-refractivity contribution >= 4 is 21.5 Å². The van der Waals surface area contributed by atoms with E-state index in [1.54, 1.807) is 24.3 Å². The molecule has 1 aliphatic rings. The standard InChI is InChI=1S/C23H18F3N3O3S/c24-23(25,26)21-15-20(16-7-3-1-4-8-16)29(27-21)18-11-13-19(14-12-18)33(31,32)28-22(30)17-9-5-2-6-10-17/h2-3,5-15H,1,4H2,(H,28,30). The fraction of sp³-hybridized carbons (Fsp3) is 0.130. The third-order valence-corrected chi connectivity index (χ3v) is 6.29. The molecule has 10 heteroatoms. The van der Waals surface area contributed by atoms with E-state index in [0.717, 1.165) is 17.2 Å². The second-order valence-corrected chi connectivity index (χ2v) is 8.94. The molecule has 6 nitrogen and oxygen atoms in total. The van der Waals surface area contributed by atoms with Gasteiger partial charge < -0.3 is 0 Å². The minimum atomic E-state index is -4.63. The zero-order valence-corrected chi connectivity index (χ0v) is 17.9. The minimum absolute atomic E-state index is 0.173. The van der Waals surface area contributed by atoms with E-state index in [4.69, 9.17) is 0 Å². The molecule has 33 heavy (non-hydrogen) atoms. The highest BCUT2D eigenvalue weighted by molar-refractivity contribution is 7.90. The van der Waals surface area contributed by atoms with E-state index in [0.29, 0.717) is 12.0 Å². The number of hydrogen-bond acceptors (Lipinski definition) is 4. The maximum absolute atomic E-state index is 13.3. The molecule has 1 N–H and O–H groups in total. The van der Waals surface area contributed by atoms with E-state index in [1.807, 2.05) is 16.9 Å². The van der Waals surface area contributed by atoms with Gasteiger partial charge in [0.1, 0.15) is 0 Å². The number of carbonyl (C=O) groups is 1. The topological polar surface area (TPSA) is 81.1 Å². The van der Waals surface area contributed by atoms with Crippen molar-refractivity contribution < 1.29 is 26.4 Å². The Morgan fingerprint density at radius 1 is 1.00 bits per heavy atom. The van der Waals surface area contributed by atoms with Gasteiger partial charge in [0.2, 0.25) is 0 Å². The predicted octanol–water partition coefficient (Wildman–Crippen LogP) is 4.74. The molecule has 0 atom stereocenters. The van der Waals surface area contributed by atoms with Crippen LogP contribution in [0.4, 0.5) is 13.2 Å². The van der Waals surface area contributed by atoms with Crippen molar-refractivity contribution in [2.75, 3.05) is 0 Å². The molecular weight excluding hydrogens is 455 g/mol. The van der Waals surface area contributed by atoms with Gasteiger partial charge in [0, 0.05) is 5.56 Å². The van der Waals surface area contributed by atoms with Crippen molar-refractivity contribution in [3.05, 3.63) is 95.8 Å². The molecule has 4 rings (SSSR count). The molecule has 0 saturated carbocycles. The molecule has 0 spiro atoms. The molecule has 1 amide bonds. The van der Waals surface area contributed by atoms with Gasteiger partial charge in [0.05, 0.1) is 16.3 Å². The summed E-state index contributed by atoms with van der Waals surface area (Å²) in [5.74, 6) is -0.792. The van der Waals surface area contributed by atoms with Crippen LogP contribution in [0.15, 0.2) is 83.8 Å². The lowest BCUT2D eigenvalue weighted by Gasteiger charge is -2.12. The average molecular weight is 473 g/mol. The van der Waals surface area contributed by atoms with Gasteiger partial charge in [-0.3, -0.25) is 4.79 Å². The van der Waals surface area contributed by atoms with Crippen LogP contribution in [0.2, 0.25) is 0 Å². The largest absolute Gasteiger partial charge is 0.435 e. The molecule has 1 aliphatic carbocycles. The normalized spacial score (nSPS) is 14.1. The molecule has 170 valence electrons. The molecule has 0 aliphatic heterocycles. The van der Waals surface area contributed by atoms with Gasteiger partial charge in [-0.1, -0.05) is 36.4 Å². The lowest BCUT2D eigenvalue weighted by molar-refractivity contribution is -0.141. The SMILES string of the molecule is O=C(NS(=O)(=O)c1ccc(-n2nc(C(F)(F)F)cc2C2=CCCC=C2)cc1)c1ccccc1. The quantitative estimate of drug-likeness (QED) is 0.580. The van der Waals surface area contributed by atoms with E-state index in [-0.39, 0.29) is 21.8 Å². The summed E-state index contributed by atoms with van der Waals surface area (Å²) in [6.07, 6.45) is 2.28. The molecular formula is C23H18F3N3O3S. The maximum Gasteiger partial charge on any atom is 0.435 e. The lowest BCUT2D eigenvalue weighted by Crippen LogP contribution is -2.30. The second-order valence-electron chi connectivity index (χ2n) is 7.26. The highest BCUT2D eigenvalue weighted by atomic mass is 32.2. The van der Waals surface area contributed by atoms with Crippen LogP contribution < -0.4 is 4.72 Å². The van der Waals surface area contributed by atoms with Crippen molar-refractivity contribution in [2.24, 2.45) is 0 Å². The number of rotatable bonds is 5. The first-order chi connectivity index (χ1) is 15.6. The summed E-state index contributed by atoms with van der Waals surface area (Å²) in [4.78, 5) is 12.0. The smallest absolute Gasteiger partial charge is 0.268 e. The van der Waals surface area contributed by atoms with Crippen molar-refractivity contribution in [3.63, 3.8) is 0 Å². The molecule has 1 aromatic heterocycles. The monoisotopic (exact) mass is 473 g/mol. The van der Waals surface area contributed by atoms with Crippen molar-refractivity contribution in [1.82, 2.24) is 14.5 Å². The van der Waals surface area contributed by atoms with Crippen LogP contribution in [0.25, 0.3) is 11.3 Å². The molecule has 0 unspecified atom stereocenters. The van der Waals surface area contributed by atoms with Gasteiger partial charge in [0.25, 0.3) is 15.9 Å². The lowest BCUT2D eigenvalue weighted by atomic mass is 10.0. The van der Waals surface area contributed by atoms with E-state index in [9.17, 15) is 26.4 Å². The van der Waals surface area contributed by atoms with Crippen LogP contribution in [0, 0.1) is 0 Å². The summed E-state index contributed by atoms with van der Waals surface area (Å²) >= 11 is 0. The molecule has 2 aromatic carbocycles. The van der Waals surface area contributed by atoms with Gasteiger partial charge in [-0.05, 0) is 60.9 Å². The van der Waals surface area contributed by atoms with Crippen molar-refractivity contribution in [3.8, 4) is 5.69 Å². The van der Waals surface area contributed by atoms with Gasteiger partial charge >= 0.3 is 6.18 Å². The number of aromatic nitrogens is 2. The van der Waals surface area contributed by atoms with Gasteiger partial charge in [0.15, 0.2) is 5.69 Å². The Balaban J connectivity index is 1.65. The zero-order chi connectivity index (χ0) is 23.6. The Morgan fingerprint density at radius 2 is 1.70 bits per heavy atom. The average Bonchev–Trinajstić information content (AvgIpc) is 3.26.